The van der Waals surface area contributed by atoms with E-state index in [-0.39, 0.29) is 5.54 Å². The molecule has 1 N–H and O–H groups in total. The van der Waals surface area contributed by atoms with Gasteiger partial charge in [0.15, 0.2) is 11.5 Å². The van der Waals surface area contributed by atoms with Crippen LogP contribution in [0.2, 0.25) is 0 Å². The Balaban J connectivity index is 1.95. The SMILES string of the molecule is COc1cc(Br)c(CNCC(C)(C)N2CCOCC2)cc1OC. The number of hydrogen-bond donors (Lipinski definition) is 1. The summed E-state index contributed by atoms with van der Waals surface area (Å²) in [6.45, 7) is 9.87. The maximum absolute atomic E-state index is 5.44. The predicted octanol–water partition coefficient (Wildman–Crippen LogP) is 2.67. The largest absolute Gasteiger partial charge is 0.493 e. The number of nitrogens with zero attached hydrogens (tertiary/aromatic N) is 1. The Hall–Kier alpha value is -0.820. The topological polar surface area (TPSA) is 43.0 Å². The van der Waals surface area contributed by atoms with Crippen LogP contribution in [0.5, 0.6) is 11.5 Å². The molecule has 23 heavy (non-hydrogen) atoms. The first kappa shape index (κ1) is 18.5. The predicted molar refractivity (Wildman–Crippen MR) is 95.4 cm³/mol. The lowest BCUT2D eigenvalue weighted by Gasteiger charge is -2.41. The van der Waals surface area contributed by atoms with E-state index in [1.165, 1.54) is 0 Å². The minimum Gasteiger partial charge on any atom is -0.493 e. The molecule has 1 aromatic carbocycles. The average Bonchev–Trinajstić information content (AvgIpc) is 2.56. The lowest BCUT2D eigenvalue weighted by molar-refractivity contribution is -0.00967. The van der Waals surface area contributed by atoms with Crippen LogP contribution in [0.1, 0.15) is 19.4 Å². The fraction of sp³-hybridized carbons (Fsp3) is 0.647. The number of nitrogens with one attached hydrogen (secondary N) is 1. The van der Waals surface area contributed by atoms with Gasteiger partial charge in [-0.1, -0.05) is 15.9 Å². The van der Waals surface area contributed by atoms with Gasteiger partial charge in [-0.15, -0.1) is 0 Å². The first-order chi connectivity index (χ1) is 11.0. The van der Waals surface area contributed by atoms with Crippen molar-refractivity contribution in [3.63, 3.8) is 0 Å². The minimum absolute atomic E-state index is 0.104. The Bertz CT molecular complexity index is 517. The summed E-state index contributed by atoms with van der Waals surface area (Å²) < 4.78 is 17.2. The first-order valence-corrected chi connectivity index (χ1v) is 8.71. The maximum Gasteiger partial charge on any atom is 0.161 e. The zero-order valence-electron chi connectivity index (χ0n) is 14.4. The lowest BCUT2D eigenvalue weighted by atomic mass is 10.0. The van der Waals surface area contributed by atoms with Crippen molar-refractivity contribution in [1.29, 1.82) is 0 Å². The summed E-state index contributed by atoms with van der Waals surface area (Å²) in [4.78, 5) is 2.48. The summed E-state index contributed by atoms with van der Waals surface area (Å²) in [6.07, 6.45) is 0. The van der Waals surface area contributed by atoms with Crippen LogP contribution in [-0.4, -0.2) is 57.5 Å². The Kier molecular flexibility index (Phi) is 6.71. The second kappa shape index (κ2) is 8.33. The van der Waals surface area contributed by atoms with Crippen molar-refractivity contribution < 1.29 is 14.2 Å². The van der Waals surface area contributed by atoms with Crippen LogP contribution in [0.25, 0.3) is 0 Å². The zero-order chi connectivity index (χ0) is 16.9. The maximum atomic E-state index is 5.44. The molecular formula is C17H27BrN2O3. The molecule has 1 saturated heterocycles. The Morgan fingerprint density at radius 3 is 2.39 bits per heavy atom. The third-order valence-corrected chi connectivity index (χ3v) is 5.03. The molecule has 2 rings (SSSR count). The van der Waals surface area contributed by atoms with Gasteiger partial charge in [-0.2, -0.15) is 0 Å². The summed E-state index contributed by atoms with van der Waals surface area (Å²) in [5.74, 6) is 1.48. The highest BCUT2D eigenvalue weighted by Crippen LogP contribution is 2.33. The fourth-order valence-corrected chi connectivity index (χ4v) is 3.28. The number of rotatable bonds is 7. The molecule has 0 spiro atoms. The van der Waals surface area contributed by atoms with Gasteiger partial charge in [-0.3, -0.25) is 4.90 Å². The Morgan fingerprint density at radius 1 is 1.17 bits per heavy atom. The van der Waals surface area contributed by atoms with Crippen LogP contribution in [0.15, 0.2) is 16.6 Å². The molecule has 6 heteroatoms. The molecule has 0 unspecified atom stereocenters. The first-order valence-electron chi connectivity index (χ1n) is 7.92. The molecular weight excluding hydrogens is 360 g/mol. The number of benzene rings is 1. The molecule has 0 bridgehead atoms. The van der Waals surface area contributed by atoms with Crippen LogP contribution in [0, 0.1) is 0 Å². The molecule has 0 saturated carbocycles. The molecule has 1 aliphatic rings. The zero-order valence-corrected chi connectivity index (χ0v) is 16.0. The van der Waals surface area contributed by atoms with Gasteiger partial charge in [-0.05, 0) is 31.5 Å². The van der Waals surface area contributed by atoms with E-state index in [9.17, 15) is 0 Å². The third kappa shape index (κ3) is 4.83. The molecule has 1 aliphatic heterocycles. The van der Waals surface area contributed by atoms with Crippen molar-refractivity contribution in [2.45, 2.75) is 25.9 Å². The summed E-state index contributed by atoms with van der Waals surface area (Å²) in [5.41, 5.74) is 1.26. The standard InChI is InChI=1S/C17H27BrN2O3/c1-17(2,20-5-7-23-8-6-20)12-19-11-13-9-15(21-3)16(22-4)10-14(13)18/h9-10,19H,5-8,11-12H2,1-4H3. The van der Waals surface area contributed by atoms with Crippen LogP contribution in [-0.2, 0) is 11.3 Å². The molecule has 0 amide bonds. The summed E-state index contributed by atoms with van der Waals surface area (Å²) in [7, 11) is 3.30. The highest BCUT2D eigenvalue weighted by Gasteiger charge is 2.27. The average molecular weight is 387 g/mol. The van der Waals surface area contributed by atoms with Crippen LogP contribution in [0.4, 0.5) is 0 Å². The van der Waals surface area contributed by atoms with Gasteiger partial charge in [0.2, 0.25) is 0 Å². The number of ether oxygens (including phenoxy) is 3. The van der Waals surface area contributed by atoms with Crippen LogP contribution >= 0.6 is 15.9 Å². The normalized spacial score (nSPS) is 16.4. The van der Waals surface area contributed by atoms with E-state index in [4.69, 9.17) is 14.2 Å². The smallest absolute Gasteiger partial charge is 0.161 e. The van der Waals surface area contributed by atoms with E-state index < -0.39 is 0 Å². The number of methoxy groups -OCH3 is 2. The van der Waals surface area contributed by atoms with E-state index in [1.807, 2.05) is 12.1 Å². The van der Waals surface area contributed by atoms with Crippen molar-refractivity contribution in [2.24, 2.45) is 0 Å². The number of hydrogen-bond acceptors (Lipinski definition) is 5. The summed E-state index contributed by atoms with van der Waals surface area (Å²) in [6, 6.07) is 3.96. The van der Waals surface area contributed by atoms with Crippen molar-refractivity contribution in [3.05, 3.63) is 22.2 Å². The van der Waals surface area contributed by atoms with Crippen LogP contribution < -0.4 is 14.8 Å². The van der Waals surface area contributed by atoms with Gasteiger partial charge in [0, 0.05) is 36.2 Å². The highest BCUT2D eigenvalue weighted by atomic mass is 79.9. The van der Waals surface area contributed by atoms with E-state index in [2.05, 4.69) is 40.0 Å². The highest BCUT2D eigenvalue weighted by molar-refractivity contribution is 9.10. The number of halogens is 1. The molecule has 0 aliphatic carbocycles. The molecule has 130 valence electrons. The van der Waals surface area contributed by atoms with E-state index in [0.717, 1.165) is 60.9 Å². The van der Waals surface area contributed by atoms with Gasteiger partial charge in [0.05, 0.1) is 27.4 Å². The van der Waals surface area contributed by atoms with Gasteiger partial charge in [0.25, 0.3) is 0 Å². The van der Waals surface area contributed by atoms with Crippen molar-refractivity contribution in [2.75, 3.05) is 47.1 Å². The van der Waals surface area contributed by atoms with Gasteiger partial charge < -0.3 is 19.5 Å². The molecule has 1 fully saturated rings. The van der Waals surface area contributed by atoms with Gasteiger partial charge in [0.1, 0.15) is 0 Å². The van der Waals surface area contributed by atoms with Crippen LogP contribution in [0.3, 0.4) is 0 Å². The lowest BCUT2D eigenvalue weighted by Crippen LogP contribution is -2.54. The molecule has 0 aromatic heterocycles. The van der Waals surface area contributed by atoms with E-state index >= 15 is 0 Å². The molecule has 0 radical (unpaired) electrons. The van der Waals surface area contributed by atoms with Gasteiger partial charge >= 0.3 is 0 Å². The second-order valence-corrected chi connectivity index (χ2v) is 7.17. The fourth-order valence-electron chi connectivity index (χ4n) is 2.82. The second-order valence-electron chi connectivity index (χ2n) is 6.31. The third-order valence-electron chi connectivity index (χ3n) is 4.29. The van der Waals surface area contributed by atoms with Gasteiger partial charge in [-0.25, -0.2) is 0 Å². The Labute approximate surface area is 147 Å². The van der Waals surface area contributed by atoms with E-state index in [0.29, 0.717) is 0 Å². The minimum atomic E-state index is 0.104. The number of morpholine rings is 1. The quantitative estimate of drug-likeness (QED) is 0.779. The summed E-state index contributed by atoms with van der Waals surface area (Å²) >= 11 is 3.61. The Morgan fingerprint density at radius 2 is 1.78 bits per heavy atom. The summed E-state index contributed by atoms with van der Waals surface area (Å²) in [5, 5.41) is 3.56. The van der Waals surface area contributed by atoms with Crippen molar-refractivity contribution >= 4 is 15.9 Å². The van der Waals surface area contributed by atoms with Crippen molar-refractivity contribution in [3.8, 4) is 11.5 Å². The molecule has 5 nitrogen and oxygen atoms in total. The molecule has 1 aromatic rings. The monoisotopic (exact) mass is 386 g/mol. The van der Waals surface area contributed by atoms with Crippen molar-refractivity contribution in [1.82, 2.24) is 10.2 Å². The molecule has 0 atom stereocenters. The van der Waals surface area contributed by atoms with E-state index in [1.54, 1.807) is 14.2 Å². The molecule has 1 heterocycles.